The second kappa shape index (κ2) is 5.69. The Kier molecular flexibility index (Phi) is 4.00. The molecular formula is C15H19N3O. The van der Waals surface area contributed by atoms with Crippen molar-refractivity contribution in [2.24, 2.45) is 7.05 Å². The van der Waals surface area contributed by atoms with Gasteiger partial charge < -0.3 is 5.32 Å². The van der Waals surface area contributed by atoms with E-state index >= 15 is 0 Å². The molecule has 1 amide bonds. The summed E-state index contributed by atoms with van der Waals surface area (Å²) >= 11 is 0. The first kappa shape index (κ1) is 13.3. The summed E-state index contributed by atoms with van der Waals surface area (Å²) in [7, 11) is 1.89. The molecule has 0 aliphatic rings. The highest BCUT2D eigenvalue weighted by molar-refractivity contribution is 5.94. The number of rotatable bonds is 4. The molecule has 0 unspecified atom stereocenters. The minimum Gasteiger partial charge on any atom is -0.352 e. The number of nitrogens with zero attached hydrogens (tertiary/aromatic N) is 2. The largest absolute Gasteiger partial charge is 0.352 e. The zero-order chi connectivity index (χ0) is 13.8. The number of hydrogen-bond donors (Lipinski definition) is 1. The van der Waals surface area contributed by atoms with Gasteiger partial charge in [-0.2, -0.15) is 5.10 Å². The van der Waals surface area contributed by atoms with Crippen molar-refractivity contribution in [3.05, 3.63) is 52.8 Å². The lowest BCUT2D eigenvalue weighted by molar-refractivity contribution is 0.0954. The van der Waals surface area contributed by atoms with E-state index in [9.17, 15) is 4.79 Å². The normalized spacial score (nSPS) is 10.5. The minimum atomic E-state index is -0.0213. The van der Waals surface area contributed by atoms with Crippen LogP contribution in [-0.2, 0) is 13.5 Å². The molecule has 0 radical (unpaired) electrons. The smallest absolute Gasteiger partial charge is 0.251 e. The number of benzene rings is 1. The number of nitrogens with one attached hydrogen (secondary N) is 1. The van der Waals surface area contributed by atoms with E-state index in [0.29, 0.717) is 12.1 Å². The van der Waals surface area contributed by atoms with Gasteiger partial charge in [0.05, 0.1) is 6.20 Å². The van der Waals surface area contributed by atoms with E-state index in [4.69, 9.17) is 0 Å². The van der Waals surface area contributed by atoms with Crippen molar-refractivity contribution in [3.63, 3.8) is 0 Å². The van der Waals surface area contributed by atoms with Gasteiger partial charge in [0.25, 0.3) is 5.91 Å². The molecular weight excluding hydrogens is 238 g/mol. The lowest BCUT2D eigenvalue weighted by Gasteiger charge is -2.06. The van der Waals surface area contributed by atoms with E-state index in [-0.39, 0.29) is 5.91 Å². The minimum absolute atomic E-state index is 0.0213. The van der Waals surface area contributed by atoms with Crippen molar-refractivity contribution in [1.82, 2.24) is 15.1 Å². The van der Waals surface area contributed by atoms with Crippen molar-refractivity contribution >= 4 is 5.91 Å². The summed E-state index contributed by atoms with van der Waals surface area (Å²) in [5.41, 5.74) is 4.18. The SMILES string of the molecule is Cc1ccc(C(=O)NCCc2cnn(C)c2)cc1C. The summed E-state index contributed by atoms with van der Waals surface area (Å²) < 4.78 is 1.76. The number of aromatic nitrogens is 2. The predicted molar refractivity (Wildman–Crippen MR) is 75.2 cm³/mol. The number of amides is 1. The average molecular weight is 257 g/mol. The van der Waals surface area contributed by atoms with Gasteiger partial charge in [-0.1, -0.05) is 6.07 Å². The Labute approximate surface area is 113 Å². The lowest BCUT2D eigenvalue weighted by Crippen LogP contribution is -2.25. The number of aryl methyl sites for hydroxylation is 3. The Bertz CT molecular complexity index is 587. The first-order chi connectivity index (χ1) is 9.06. The Morgan fingerprint density at radius 3 is 2.74 bits per heavy atom. The Hall–Kier alpha value is -2.10. The van der Waals surface area contributed by atoms with Crippen LogP contribution >= 0.6 is 0 Å². The van der Waals surface area contributed by atoms with Gasteiger partial charge in [-0.05, 0) is 49.1 Å². The van der Waals surface area contributed by atoms with Crippen LogP contribution in [0.5, 0.6) is 0 Å². The molecule has 2 rings (SSSR count). The standard InChI is InChI=1S/C15H19N3O/c1-11-4-5-14(8-12(11)2)15(19)16-7-6-13-9-17-18(3)10-13/h4-5,8-10H,6-7H2,1-3H3,(H,16,19). The Morgan fingerprint density at radius 2 is 2.11 bits per heavy atom. The molecule has 1 aromatic heterocycles. The molecule has 1 heterocycles. The molecule has 100 valence electrons. The third kappa shape index (κ3) is 3.44. The summed E-state index contributed by atoms with van der Waals surface area (Å²) in [6.45, 7) is 4.68. The third-order valence-corrected chi connectivity index (χ3v) is 3.23. The second-order valence-corrected chi connectivity index (χ2v) is 4.83. The zero-order valence-electron chi connectivity index (χ0n) is 11.6. The van der Waals surface area contributed by atoms with Crippen molar-refractivity contribution in [2.45, 2.75) is 20.3 Å². The van der Waals surface area contributed by atoms with E-state index < -0.39 is 0 Å². The van der Waals surface area contributed by atoms with Gasteiger partial charge in [0, 0.05) is 25.4 Å². The highest BCUT2D eigenvalue weighted by Crippen LogP contribution is 2.09. The van der Waals surface area contributed by atoms with Gasteiger partial charge in [-0.3, -0.25) is 9.48 Å². The molecule has 0 aliphatic heterocycles. The first-order valence-electron chi connectivity index (χ1n) is 6.39. The zero-order valence-corrected chi connectivity index (χ0v) is 11.6. The first-order valence-corrected chi connectivity index (χ1v) is 6.39. The van der Waals surface area contributed by atoms with Gasteiger partial charge in [0.2, 0.25) is 0 Å². The quantitative estimate of drug-likeness (QED) is 0.910. The average Bonchev–Trinajstić information content (AvgIpc) is 2.78. The maximum absolute atomic E-state index is 12.0. The van der Waals surface area contributed by atoms with Gasteiger partial charge in [0.15, 0.2) is 0 Å². The predicted octanol–water partition coefficient (Wildman–Crippen LogP) is 2.01. The molecule has 1 aromatic carbocycles. The molecule has 4 nitrogen and oxygen atoms in total. The second-order valence-electron chi connectivity index (χ2n) is 4.83. The van der Waals surface area contributed by atoms with Crippen LogP contribution in [-0.4, -0.2) is 22.2 Å². The fourth-order valence-corrected chi connectivity index (χ4v) is 1.91. The molecule has 0 fully saturated rings. The van der Waals surface area contributed by atoms with Crippen molar-refractivity contribution < 1.29 is 4.79 Å². The van der Waals surface area contributed by atoms with Crippen LogP contribution in [0.2, 0.25) is 0 Å². The van der Waals surface area contributed by atoms with Crippen LogP contribution in [0.3, 0.4) is 0 Å². The van der Waals surface area contributed by atoms with Crippen LogP contribution in [0.25, 0.3) is 0 Å². The topological polar surface area (TPSA) is 46.9 Å². The number of carbonyl (C=O) groups is 1. The molecule has 0 saturated heterocycles. The molecule has 4 heteroatoms. The van der Waals surface area contributed by atoms with Gasteiger partial charge >= 0.3 is 0 Å². The van der Waals surface area contributed by atoms with Crippen LogP contribution in [0.15, 0.2) is 30.6 Å². The fraction of sp³-hybridized carbons (Fsp3) is 0.333. The van der Waals surface area contributed by atoms with Crippen LogP contribution in [0.4, 0.5) is 0 Å². The fourth-order valence-electron chi connectivity index (χ4n) is 1.91. The molecule has 0 saturated carbocycles. The maximum atomic E-state index is 12.0. The number of hydrogen-bond acceptors (Lipinski definition) is 2. The molecule has 0 atom stereocenters. The van der Waals surface area contributed by atoms with Crippen molar-refractivity contribution in [3.8, 4) is 0 Å². The number of carbonyl (C=O) groups excluding carboxylic acids is 1. The van der Waals surface area contributed by atoms with Crippen LogP contribution in [0.1, 0.15) is 27.0 Å². The van der Waals surface area contributed by atoms with Crippen LogP contribution in [0, 0.1) is 13.8 Å². The molecule has 1 N–H and O–H groups in total. The molecule has 2 aromatic rings. The monoisotopic (exact) mass is 257 g/mol. The van der Waals surface area contributed by atoms with Gasteiger partial charge in [-0.25, -0.2) is 0 Å². The third-order valence-electron chi connectivity index (χ3n) is 3.23. The molecule has 0 bridgehead atoms. The lowest BCUT2D eigenvalue weighted by atomic mass is 10.1. The Morgan fingerprint density at radius 1 is 1.32 bits per heavy atom. The van der Waals surface area contributed by atoms with E-state index in [1.807, 2.05) is 51.5 Å². The van der Waals surface area contributed by atoms with Gasteiger partial charge in [-0.15, -0.1) is 0 Å². The highest BCUT2D eigenvalue weighted by Gasteiger charge is 2.06. The van der Waals surface area contributed by atoms with E-state index in [2.05, 4.69) is 10.4 Å². The maximum Gasteiger partial charge on any atom is 0.251 e. The van der Waals surface area contributed by atoms with Crippen molar-refractivity contribution in [1.29, 1.82) is 0 Å². The van der Waals surface area contributed by atoms with Gasteiger partial charge in [0.1, 0.15) is 0 Å². The Balaban J connectivity index is 1.89. The summed E-state index contributed by atoms with van der Waals surface area (Å²) in [5, 5.41) is 7.03. The summed E-state index contributed by atoms with van der Waals surface area (Å²) in [6, 6.07) is 5.77. The van der Waals surface area contributed by atoms with Crippen LogP contribution < -0.4 is 5.32 Å². The van der Waals surface area contributed by atoms with E-state index in [1.54, 1.807) is 4.68 Å². The molecule has 0 aliphatic carbocycles. The summed E-state index contributed by atoms with van der Waals surface area (Å²) in [5.74, 6) is -0.0213. The van der Waals surface area contributed by atoms with E-state index in [1.165, 1.54) is 5.56 Å². The van der Waals surface area contributed by atoms with E-state index in [0.717, 1.165) is 17.5 Å². The molecule has 19 heavy (non-hydrogen) atoms. The summed E-state index contributed by atoms with van der Waals surface area (Å²) in [4.78, 5) is 12.0. The highest BCUT2D eigenvalue weighted by atomic mass is 16.1. The summed E-state index contributed by atoms with van der Waals surface area (Å²) in [6.07, 6.45) is 4.58. The van der Waals surface area contributed by atoms with Crippen molar-refractivity contribution in [2.75, 3.05) is 6.54 Å². The molecule has 0 spiro atoms.